The lowest BCUT2D eigenvalue weighted by molar-refractivity contribution is -0.119. The van der Waals surface area contributed by atoms with Crippen molar-refractivity contribution in [3.05, 3.63) is 36.2 Å². The van der Waals surface area contributed by atoms with Gasteiger partial charge in [0.1, 0.15) is 5.69 Å². The van der Waals surface area contributed by atoms with Gasteiger partial charge >= 0.3 is 0 Å². The molecule has 19 heavy (non-hydrogen) atoms. The van der Waals surface area contributed by atoms with E-state index in [2.05, 4.69) is 15.6 Å². The maximum atomic E-state index is 11.1. The van der Waals surface area contributed by atoms with Gasteiger partial charge in [0.15, 0.2) is 0 Å². The molecule has 1 amide bonds. The van der Waals surface area contributed by atoms with Crippen LogP contribution < -0.4 is 11.1 Å². The molecule has 6 nitrogen and oxygen atoms in total. The van der Waals surface area contributed by atoms with Crippen molar-refractivity contribution in [2.45, 2.75) is 11.4 Å². The lowest BCUT2D eigenvalue weighted by Crippen LogP contribution is -2.29. The first-order valence-electron chi connectivity index (χ1n) is 5.75. The summed E-state index contributed by atoms with van der Waals surface area (Å²) in [5, 5.41) is 10.7. The van der Waals surface area contributed by atoms with Crippen LogP contribution in [0.4, 0.5) is 0 Å². The number of benzene rings is 1. The predicted molar refractivity (Wildman–Crippen MR) is 74.0 cm³/mol. The van der Waals surface area contributed by atoms with Crippen LogP contribution in [-0.4, -0.2) is 33.7 Å². The average Bonchev–Trinajstić information content (AvgIpc) is 2.93. The Balaban J connectivity index is 2.09. The topological polar surface area (TPSA) is 85.8 Å². The zero-order valence-corrected chi connectivity index (χ0v) is 11.4. The lowest BCUT2D eigenvalue weighted by atomic mass is 10.3. The SMILES string of the molecule is CSc1cccc(-n2cc(CNC(=O)CN)nn2)c1. The first-order valence-corrected chi connectivity index (χ1v) is 6.98. The maximum Gasteiger partial charge on any atom is 0.234 e. The standard InChI is InChI=1S/C12H15N5OS/c1-19-11-4-2-3-10(5-11)17-8-9(15-16-17)7-14-12(18)6-13/h2-5,8H,6-7,13H2,1H3,(H,14,18). The molecule has 0 aliphatic carbocycles. The van der Waals surface area contributed by atoms with Crippen molar-refractivity contribution in [3.63, 3.8) is 0 Å². The van der Waals surface area contributed by atoms with Gasteiger partial charge < -0.3 is 11.1 Å². The van der Waals surface area contributed by atoms with Crippen LogP contribution in [0, 0.1) is 0 Å². The van der Waals surface area contributed by atoms with Gasteiger partial charge in [0.2, 0.25) is 5.91 Å². The number of carbonyl (C=O) groups is 1. The minimum Gasteiger partial charge on any atom is -0.349 e. The fourth-order valence-electron chi connectivity index (χ4n) is 1.52. The Labute approximate surface area is 115 Å². The molecule has 0 fully saturated rings. The van der Waals surface area contributed by atoms with Crippen LogP contribution >= 0.6 is 11.8 Å². The van der Waals surface area contributed by atoms with Crippen molar-refractivity contribution >= 4 is 17.7 Å². The number of nitrogens with one attached hydrogen (secondary N) is 1. The van der Waals surface area contributed by atoms with Crippen LogP contribution in [-0.2, 0) is 11.3 Å². The van der Waals surface area contributed by atoms with Crippen LogP contribution in [0.1, 0.15) is 5.69 Å². The van der Waals surface area contributed by atoms with Gasteiger partial charge in [-0.05, 0) is 24.5 Å². The smallest absolute Gasteiger partial charge is 0.234 e. The van der Waals surface area contributed by atoms with Gasteiger partial charge in [-0.25, -0.2) is 4.68 Å². The molecule has 2 rings (SSSR count). The quantitative estimate of drug-likeness (QED) is 0.780. The van der Waals surface area contributed by atoms with Gasteiger partial charge in [0.05, 0.1) is 25.0 Å². The molecule has 0 radical (unpaired) electrons. The van der Waals surface area contributed by atoms with E-state index in [0.717, 1.165) is 10.6 Å². The summed E-state index contributed by atoms with van der Waals surface area (Å²) in [4.78, 5) is 12.2. The van der Waals surface area contributed by atoms with Crippen LogP contribution in [0.3, 0.4) is 0 Å². The fourth-order valence-corrected chi connectivity index (χ4v) is 1.97. The lowest BCUT2D eigenvalue weighted by Gasteiger charge is -2.02. The molecule has 0 atom stereocenters. The molecule has 0 unspecified atom stereocenters. The molecule has 0 bridgehead atoms. The Morgan fingerprint density at radius 2 is 2.37 bits per heavy atom. The van der Waals surface area contributed by atoms with Crippen molar-refractivity contribution in [1.82, 2.24) is 20.3 Å². The van der Waals surface area contributed by atoms with Crippen LogP contribution in [0.5, 0.6) is 0 Å². The number of aromatic nitrogens is 3. The van der Waals surface area contributed by atoms with E-state index in [1.54, 1.807) is 22.6 Å². The van der Waals surface area contributed by atoms with Gasteiger partial charge in [-0.3, -0.25) is 4.79 Å². The van der Waals surface area contributed by atoms with Crippen LogP contribution in [0.25, 0.3) is 5.69 Å². The largest absolute Gasteiger partial charge is 0.349 e. The highest BCUT2D eigenvalue weighted by molar-refractivity contribution is 7.98. The van der Waals surface area contributed by atoms with Crippen molar-refractivity contribution in [1.29, 1.82) is 0 Å². The minimum absolute atomic E-state index is 0.0239. The van der Waals surface area contributed by atoms with Crippen molar-refractivity contribution in [2.24, 2.45) is 5.73 Å². The first-order chi connectivity index (χ1) is 9.22. The highest BCUT2D eigenvalue weighted by Gasteiger charge is 2.04. The Morgan fingerprint density at radius 3 is 3.11 bits per heavy atom. The number of nitrogens with zero attached hydrogens (tertiary/aromatic N) is 3. The second-order valence-corrected chi connectivity index (χ2v) is 4.72. The number of hydrogen-bond acceptors (Lipinski definition) is 5. The average molecular weight is 277 g/mol. The zero-order chi connectivity index (χ0) is 13.7. The van der Waals surface area contributed by atoms with E-state index in [4.69, 9.17) is 5.73 Å². The third kappa shape index (κ3) is 3.55. The summed E-state index contributed by atoms with van der Waals surface area (Å²) < 4.78 is 1.68. The molecule has 7 heteroatoms. The Morgan fingerprint density at radius 1 is 1.53 bits per heavy atom. The number of thioether (sulfide) groups is 1. The third-order valence-corrected chi connectivity index (χ3v) is 3.24. The molecular weight excluding hydrogens is 262 g/mol. The molecule has 2 aromatic rings. The van der Waals surface area contributed by atoms with Crippen molar-refractivity contribution in [3.8, 4) is 5.69 Å². The van der Waals surface area contributed by atoms with Crippen molar-refractivity contribution in [2.75, 3.05) is 12.8 Å². The molecule has 1 aromatic carbocycles. The molecule has 100 valence electrons. The van der Waals surface area contributed by atoms with Crippen molar-refractivity contribution < 1.29 is 4.79 Å². The summed E-state index contributed by atoms with van der Waals surface area (Å²) in [6.45, 7) is 0.308. The highest BCUT2D eigenvalue weighted by atomic mass is 32.2. The van der Waals surface area contributed by atoms with E-state index >= 15 is 0 Å². The Kier molecular flexibility index (Phi) is 4.53. The number of nitrogens with two attached hydrogens (primary N) is 1. The summed E-state index contributed by atoms with van der Waals surface area (Å²) in [6.07, 6.45) is 3.81. The number of rotatable bonds is 5. The molecule has 1 aromatic heterocycles. The number of hydrogen-bond donors (Lipinski definition) is 2. The number of carbonyl (C=O) groups excluding carboxylic acids is 1. The summed E-state index contributed by atoms with van der Waals surface area (Å²) in [5.41, 5.74) is 6.84. The van der Waals surface area contributed by atoms with E-state index in [1.165, 1.54) is 0 Å². The molecule has 3 N–H and O–H groups in total. The van der Waals surface area contributed by atoms with Gasteiger partial charge in [0.25, 0.3) is 0 Å². The van der Waals surface area contributed by atoms with Crippen LogP contribution in [0.15, 0.2) is 35.4 Å². The molecule has 0 aliphatic heterocycles. The zero-order valence-electron chi connectivity index (χ0n) is 10.5. The van der Waals surface area contributed by atoms with Gasteiger partial charge in [0, 0.05) is 4.90 Å². The third-order valence-electron chi connectivity index (χ3n) is 2.51. The molecule has 1 heterocycles. The predicted octanol–water partition coefficient (Wildman–Crippen LogP) is 0.564. The maximum absolute atomic E-state index is 11.1. The minimum atomic E-state index is -0.209. The molecule has 0 saturated carbocycles. The Bertz CT molecular complexity index is 569. The fraction of sp³-hybridized carbons (Fsp3) is 0.250. The van der Waals surface area contributed by atoms with Gasteiger partial charge in [-0.15, -0.1) is 16.9 Å². The van der Waals surface area contributed by atoms with E-state index in [9.17, 15) is 4.79 Å². The van der Waals surface area contributed by atoms with E-state index in [0.29, 0.717) is 12.2 Å². The van der Waals surface area contributed by atoms with E-state index in [1.807, 2.05) is 30.5 Å². The highest BCUT2D eigenvalue weighted by Crippen LogP contribution is 2.17. The monoisotopic (exact) mass is 277 g/mol. The molecular formula is C12H15N5OS. The molecule has 0 saturated heterocycles. The summed E-state index contributed by atoms with van der Waals surface area (Å²) in [7, 11) is 0. The summed E-state index contributed by atoms with van der Waals surface area (Å²) in [6, 6.07) is 7.99. The Hall–Kier alpha value is -1.86. The number of amides is 1. The summed E-state index contributed by atoms with van der Waals surface area (Å²) in [5.74, 6) is -0.209. The second kappa shape index (κ2) is 6.35. The van der Waals surface area contributed by atoms with Crippen LogP contribution in [0.2, 0.25) is 0 Å². The van der Waals surface area contributed by atoms with Gasteiger partial charge in [-0.2, -0.15) is 0 Å². The molecule has 0 spiro atoms. The van der Waals surface area contributed by atoms with Gasteiger partial charge in [-0.1, -0.05) is 11.3 Å². The first kappa shape index (κ1) is 13.6. The van der Waals surface area contributed by atoms with E-state index in [-0.39, 0.29) is 12.5 Å². The van der Waals surface area contributed by atoms with E-state index < -0.39 is 0 Å². The second-order valence-electron chi connectivity index (χ2n) is 3.84. The normalized spacial score (nSPS) is 10.4. The summed E-state index contributed by atoms with van der Waals surface area (Å²) >= 11 is 1.67. The molecule has 0 aliphatic rings.